The number of aliphatic imine (C=N–C) groups is 1. The Bertz CT molecular complexity index is 1020. The monoisotopic (exact) mass is 484 g/mol. The summed E-state index contributed by atoms with van der Waals surface area (Å²) in [5.74, 6) is 0.720. The zero-order valence-electron chi connectivity index (χ0n) is 19.3. The molecule has 1 aromatic carbocycles. The van der Waals surface area contributed by atoms with Gasteiger partial charge < -0.3 is 16.0 Å². The number of nitrogens with one attached hydrogen (secondary N) is 3. The van der Waals surface area contributed by atoms with Crippen LogP contribution in [0.3, 0.4) is 0 Å². The molecule has 0 saturated heterocycles. The molecule has 1 unspecified atom stereocenters. The Labute approximate surface area is 204 Å². The van der Waals surface area contributed by atoms with Gasteiger partial charge in [0.2, 0.25) is 11.0 Å². The molecule has 2 fully saturated rings. The van der Waals surface area contributed by atoms with Crippen LogP contribution in [-0.4, -0.2) is 41.4 Å². The van der Waals surface area contributed by atoms with Crippen molar-refractivity contribution in [2.75, 3.05) is 24.7 Å². The Morgan fingerprint density at radius 2 is 2.12 bits per heavy atom. The van der Waals surface area contributed by atoms with Gasteiger partial charge in [-0.05, 0) is 60.6 Å². The first-order valence-corrected chi connectivity index (χ1v) is 13.2. The summed E-state index contributed by atoms with van der Waals surface area (Å²) in [6.45, 7) is 4.33. The zero-order chi connectivity index (χ0) is 23.2. The van der Waals surface area contributed by atoms with Crippen molar-refractivity contribution in [3.05, 3.63) is 46.3 Å². The first kappa shape index (κ1) is 23.8. The van der Waals surface area contributed by atoms with Crippen LogP contribution in [0.5, 0.6) is 0 Å². The Hall–Kier alpha value is -2.39. The molecule has 9 heteroatoms. The Kier molecular flexibility index (Phi) is 8.03. The number of anilines is 2. The van der Waals surface area contributed by atoms with Crippen LogP contribution >= 0.6 is 23.1 Å². The van der Waals surface area contributed by atoms with Crippen LogP contribution in [-0.2, 0) is 11.2 Å². The van der Waals surface area contributed by atoms with Crippen molar-refractivity contribution in [1.29, 1.82) is 0 Å². The lowest BCUT2D eigenvalue weighted by molar-refractivity contribution is -0.119. The van der Waals surface area contributed by atoms with Gasteiger partial charge in [0.25, 0.3) is 0 Å². The van der Waals surface area contributed by atoms with E-state index < -0.39 is 0 Å². The molecule has 33 heavy (non-hydrogen) atoms. The second kappa shape index (κ2) is 11.2. The third-order valence-electron chi connectivity index (χ3n) is 6.05. The largest absolute Gasteiger partial charge is 0.382 e. The number of aromatic nitrogens is 2. The highest BCUT2D eigenvalue weighted by Crippen LogP contribution is 2.43. The average molecular weight is 485 g/mol. The van der Waals surface area contributed by atoms with Gasteiger partial charge in [-0.3, -0.25) is 9.79 Å². The van der Waals surface area contributed by atoms with Crippen LogP contribution in [0.1, 0.15) is 55.0 Å². The topological polar surface area (TPSA) is 91.3 Å². The van der Waals surface area contributed by atoms with Gasteiger partial charge in [-0.15, -0.1) is 10.2 Å². The van der Waals surface area contributed by atoms with Crippen LogP contribution in [0.15, 0.2) is 40.7 Å². The highest BCUT2D eigenvalue weighted by molar-refractivity contribution is 8.17. The number of carbonyl (C=O) groups excluding carboxylic acids is 1. The minimum atomic E-state index is -0.0607. The van der Waals surface area contributed by atoms with Gasteiger partial charge in [-0.25, -0.2) is 0 Å². The normalized spacial score (nSPS) is 20.8. The van der Waals surface area contributed by atoms with Crippen LogP contribution < -0.4 is 16.0 Å². The third-order valence-corrected chi connectivity index (χ3v) is 8.23. The minimum absolute atomic E-state index is 0.0607. The molecular weight excluding hydrogens is 452 g/mol. The van der Waals surface area contributed by atoms with Gasteiger partial charge in [-0.1, -0.05) is 48.2 Å². The van der Waals surface area contributed by atoms with Crippen molar-refractivity contribution in [1.82, 2.24) is 15.5 Å². The summed E-state index contributed by atoms with van der Waals surface area (Å²) in [5, 5.41) is 20.6. The van der Waals surface area contributed by atoms with E-state index in [0.717, 1.165) is 52.0 Å². The van der Waals surface area contributed by atoms with Crippen molar-refractivity contribution in [2.45, 2.75) is 56.9 Å². The number of benzene rings is 1. The van der Waals surface area contributed by atoms with Crippen LogP contribution in [0.25, 0.3) is 0 Å². The lowest BCUT2D eigenvalue weighted by atomic mass is 9.82. The second-order valence-electron chi connectivity index (χ2n) is 8.70. The SMILES string of the molecule is C=C(SC(=NC)NC(=O)Cc1cccc(NC2CC2)c1)[C@H]1CCCC(c2nnc(NC)s2)C1. The Morgan fingerprint density at radius 1 is 1.27 bits per heavy atom. The molecule has 0 radical (unpaired) electrons. The molecule has 2 aromatic rings. The maximum Gasteiger partial charge on any atom is 0.230 e. The molecular formula is C24H32N6OS2. The van der Waals surface area contributed by atoms with E-state index in [9.17, 15) is 4.79 Å². The van der Waals surface area contributed by atoms with E-state index in [1.54, 1.807) is 18.4 Å². The highest BCUT2D eigenvalue weighted by atomic mass is 32.2. The number of hydrogen-bond donors (Lipinski definition) is 3. The van der Waals surface area contributed by atoms with E-state index in [2.05, 4.69) is 49.9 Å². The standard InChI is InChI=1S/C24H32N6OS2/c1-15(17-7-5-8-18(14-17)22-29-30-24(26-3)33-22)32-23(25-2)28-21(31)13-16-6-4-9-20(12-16)27-19-10-11-19/h4,6,9,12,17-19,27H,1,5,7-8,10-11,13-14H2,2-3H3,(H,26,30)(H,25,28,31)/t17-,18?/m0/s1. The lowest BCUT2D eigenvalue weighted by Gasteiger charge is -2.28. The summed E-state index contributed by atoms with van der Waals surface area (Å²) in [5.41, 5.74) is 2.07. The van der Waals surface area contributed by atoms with Crippen molar-refractivity contribution in [3.8, 4) is 0 Å². The number of thioether (sulfide) groups is 1. The second-order valence-corrected chi connectivity index (χ2v) is 10.8. The fourth-order valence-corrected chi connectivity index (χ4v) is 5.85. The van der Waals surface area contributed by atoms with Crippen molar-refractivity contribution in [3.63, 3.8) is 0 Å². The summed E-state index contributed by atoms with van der Waals surface area (Å²) in [6, 6.07) is 8.68. The molecule has 3 N–H and O–H groups in total. The summed E-state index contributed by atoms with van der Waals surface area (Å²) < 4.78 is 0. The summed E-state index contributed by atoms with van der Waals surface area (Å²) in [4.78, 5) is 18.0. The van der Waals surface area contributed by atoms with E-state index >= 15 is 0 Å². The van der Waals surface area contributed by atoms with Gasteiger partial charge in [0, 0.05) is 31.7 Å². The third kappa shape index (κ3) is 6.80. The molecule has 7 nitrogen and oxygen atoms in total. The molecule has 0 bridgehead atoms. The number of amides is 1. The van der Waals surface area contributed by atoms with Crippen molar-refractivity contribution < 1.29 is 4.79 Å². The van der Waals surface area contributed by atoms with Gasteiger partial charge in [0.1, 0.15) is 5.01 Å². The van der Waals surface area contributed by atoms with E-state index in [4.69, 9.17) is 0 Å². The fourth-order valence-electron chi connectivity index (χ4n) is 4.12. The Morgan fingerprint density at radius 3 is 2.85 bits per heavy atom. The molecule has 2 aliphatic carbocycles. The first-order valence-electron chi connectivity index (χ1n) is 11.5. The molecule has 2 atom stereocenters. The first-order chi connectivity index (χ1) is 16.0. The molecule has 176 valence electrons. The smallest absolute Gasteiger partial charge is 0.230 e. The van der Waals surface area contributed by atoms with E-state index in [1.165, 1.54) is 24.6 Å². The predicted octanol–water partition coefficient (Wildman–Crippen LogP) is 5.02. The fraction of sp³-hybridized carbons (Fsp3) is 0.500. The van der Waals surface area contributed by atoms with E-state index in [0.29, 0.717) is 29.5 Å². The zero-order valence-corrected chi connectivity index (χ0v) is 20.9. The van der Waals surface area contributed by atoms with Crippen LogP contribution in [0.4, 0.5) is 10.8 Å². The maximum absolute atomic E-state index is 12.7. The number of allylic oxidation sites excluding steroid dienone is 1. The molecule has 2 aliphatic rings. The molecule has 4 rings (SSSR count). The van der Waals surface area contributed by atoms with Crippen LogP contribution in [0.2, 0.25) is 0 Å². The number of hydrogen-bond acceptors (Lipinski definition) is 8. The molecule has 0 aliphatic heterocycles. The maximum atomic E-state index is 12.7. The molecule has 1 aromatic heterocycles. The molecule has 2 saturated carbocycles. The van der Waals surface area contributed by atoms with Crippen molar-refractivity contribution in [2.24, 2.45) is 10.9 Å². The number of rotatable bonds is 8. The van der Waals surface area contributed by atoms with Gasteiger partial charge in [0.15, 0.2) is 5.17 Å². The lowest BCUT2D eigenvalue weighted by Crippen LogP contribution is -2.30. The number of amidine groups is 1. The van der Waals surface area contributed by atoms with Gasteiger partial charge in [-0.2, -0.15) is 0 Å². The van der Waals surface area contributed by atoms with Gasteiger partial charge >= 0.3 is 0 Å². The van der Waals surface area contributed by atoms with Crippen LogP contribution in [0, 0.1) is 5.92 Å². The van der Waals surface area contributed by atoms with E-state index in [1.807, 2.05) is 19.2 Å². The summed E-state index contributed by atoms with van der Waals surface area (Å²) >= 11 is 3.12. The molecule has 1 amide bonds. The van der Waals surface area contributed by atoms with Crippen molar-refractivity contribution >= 4 is 45.0 Å². The average Bonchev–Trinajstić information content (AvgIpc) is 3.50. The van der Waals surface area contributed by atoms with E-state index in [-0.39, 0.29) is 5.91 Å². The molecule has 0 spiro atoms. The predicted molar refractivity (Wildman–Crippen MR) is 139 cm³/mol. The quantitative estimate of drug-likeness (QED) is 0.360. The summed E-state index contributed by atoms with van der Waals surface area (Å²) in [7, 11) is 3.58. The summed E-state index contributed by atoms with van der Waals surface area (Å²) in [6.07, 6.45) is 7.15. The number of carbonyl (C=O) groups is 1. The highest BCUT2D eigenvalue weighted by Gasteiger charge is 2.28. The van der Waals surface area contributed by atoms with Gasteiger partial charge in [0.05, 0.1) is 6.42 Å². The Balaban J connectivity index is 1.28. The molecule has 1 heterocycles. The minimum Gasteiger partial charge on any atom is -0.382 e. The number of nitrogens with zero attached hydrogens (tertiary/aromatic N) is 3.